The van der Waals surface area contributed by atoms with Gasteiger partial charge in [-0.3, -0.25) is 28.8 Å². The fraction of sp³-hybridized carbons (Fsp3) is 0.727. The summed E-state index contributed by atoms with van der Waals surface area (Å²) in [6.07, 6.45) is 1.31. The van der Waals surface area contributed by atoms with Crippen LogP contribution in [0.3, 0.4) is 0 Å². The Morgan fingerprint density at radius 1 is 0.647 bits per heavy atom. The maximum absolute atomic E-state index is 12.0. The van der Waals surface area contributed by atoms with Gasteiger partial charge in [0.05, 0.1) is 27.1 Å². The Labute approximate surface area is 211 Å². The number of hydrogen-bond acceptors (Lipinski definition) is 10. The van der Waals surface area contributed by atoms with E-state index in [4.69, 9.17) is 0 Å². The van der Waals surface area contributed by atoms with Gasteiger partial charge in [0.15, 0.2) is 10.2 Å². The van der Waals surface area contributed by atoms with Crippen molar-refractivity contribution in [1.82, 2.24) is 0 Å². The standard InChI is InChI=1S/C16H26O6S2.2C3H7NO/c1-15(2,9-11(17)21-5)23-13(19)7-8-14(20)24-16(3,4)10-12(18)22-6;2*1-2-3(4)5/h7-10H2,1-6H3;2*2H2,1H3,(H2,4,5). The van der Waals surface area contributed by atoms with Crippen LogP contribution in [0.15, 0.2) is 0 Å². The van der Waals surface area contributed by atoms with Crippen LogP contribution in [0.25, 0.3) is 0 Å². The quantitative estimate of drug-likeness (QED) is 0.382. The molecule has 0 saturated carbocycles. The van der Waals surface area contributed by atoms with Gasteiger partial charge < -0.3 is 20.9 Å². The van der Waals surface area contributed by atoms with Crippen LogP contribution in [0, 0.1) is 0 Å². The molecule has 0 fully saturated rings. The van der Waals surface area contributed by atoms with Gasteiger partial charge in [0.25, 0.3) is 0 Å². The summed E-state index contributed by atoms with van der Waals surface area (Å²) >= 11 is 2.09. The molecule has 0 aliphatic carbocycles. The summed E-state index contributed by atoms with van der Waals surface area (Å²) in [4.78, 5) is 65.8. The van der Waals surface area contributed by atoms with Crippen LogP contribution in [0.4, 0.5) is 0 Å². The largest absolute Gasteiger partial charge is 0.469 e. The molecule has 0 aromatic rings. The number of amides is 2. The van der Waals surface area contributed by atoms with Gasteiger partial charge in [0.1, 0.15) is 0 Å². The average molecular weight is 525 g/mol. The Kier molecular flexibility index (Phi) is 20.7. The van der Waals surface area contributed by atoms with Crippen molar-refractivity contribution < 1.29 is 38.2 Å². The molecule has 0 saturated heterocycles. The summed E-state index contributed by atoms with van der Waals surface area (Å²) in [5.41, 5.74) is 9.31. The normalized spacial score (nSPS) is 10.5. The minimum Gasteiger partial charge on any atom is -0.469 e. The molecule has 0 atom stereocenters. The first-order chi connectivity index (χ1) is 15.4. The van der Waals surface area contributed by atoms with Gasteiger partial charge in [-0.2, -0.15) is 0 Å². The highest BCUT2D eigenvalue weighted by molar-refractivity contribution is 8.15. The first-order valence-corrected chi connectivity index (χ1v) is 12.2. The molecule has 0 heterocycles. The summed E-state index contributed by atoms with van der Waals surface area (Å²) in [6, 6.07) is 0. The van der Waals surface area contributed by atoms with Crippen LogP contribution in [0.5, 0.6) is 0 Å². The van der Waals surface area contributed by atoms with Crippen molar-refractivity contribution in [1.29, 1.82) is 0 Å². The van der Waals surface area contributed by atoms with E-state index in [1.54, 1.807) is 41.5 Å². The van der Waals surface area contributed by atoms with Crippen LogP contribution in [0.2, 0.25) is 0 Å². The summed E-state index contributed by atoms with van der Waals surface area (Å²) in [5, 5.41) is -0.299. The number of rotatable bonds is 11. The van der Waals surface area contributed by atoms with E-state index in [1.807, 2.05) is 0 Å². The zero-order valence-corrected chi connectivity index (χ0v) is 23.1. The minimum absolute atomic E-state index is 0.0927. The molecule has 0 bridgehead atoms. The molecule has 10 nitrogen and oxygen atoms in total. The summed E-state index contributed by atoms with van der Waals surface area (Å²) < 4.78 is 8.05. The fourth-order valence-corrected chi connectivity index (χ4v) is 3.86. The molecule has 198 valence electrons. The Hall–Kier alpha value is -2.08. The third-order valence-corrected chi connectivity index (χ3v) is 5.86. The number of esters is 2. The van der Waals surface area contributed by atoms with Gasteiger partial charge >= 0.3 is 11.9 Å². The lowest BCUT2D eigenvalue weighted by Gasteiger charge is -2.22. The molecule has 2 amide bonds. The molecule has 0 spiro atoms. The number of hydrogen-bond donors (Lipinski definition) is 2. The van der Waals surface area contributed by atoms with E-state index in [9.17, 15) is 28.8 Å². The first-order valence-electron chi connectivity index (χ1n) is 10.6. The molecule has 0 unspecified atom stereocenters. The Bertz CT molecular complexity index is 636. The summed E-state index contributed by atoms with van der Waals surface area (Å²) in [6.45, 7) is 10.6. The van der Waals surface area contributed by atoms with Gasteiger partial charge in [0, 0.05) is 35.2 Å². The Morgan fingerprint density at radius 3 is 1.06 bits per heavy atom. The van der Waals surface area contributed by atoms with Crippen LogP contribution in [-0.4, -0.2) is 57.7 Å². The van der Waals surface area contributed by atoms with Crippen LogP contribution < -0.4 is 11.5 Å². The molecule has 0 aliphatic rings. The van der Waals surface area contributed by atoms with Crippen molar-refractivity contribution in [3.63, 3.8) is 0 Å². The average Bonchev–Trinajstić information content (AvgIpc) is 2.71. The van der Waals surface area contributed by atoms with Gasteiger partial charge in [-0.25, -0.2) is 0 Å². The summed E-state index contributed by atoms with van der Waals surface area (Å²) in [7, 11) is 2.60. The second-order valence-electron chi connectivity index (χ2n) is 8.11. The Morgan fingerprint density at radius 2 is 0.882 bits per heavy atom. The second kappa shape index (κ2) is 19.2. The highest BCUT2D eigenvalue weighted by Crippen LogP contribution is 2.33. The Balaban J connectivity index is -0.000000799. The van der Waals surface area contributed by atoms with Gasteiger partial charge in [-0.1, -0.05) is 37.4 Å². The maximum Gasteiger partial charge on any atom is 0.306 e. The van der Waals surface area contributed by atoms with E-state index < -0.39 is 9.49 Å². The van der Waals surface area contributed by atoms with Crippen molar-refractivity contribution in [2.24, 2.45) is 11.5 Å². The highest BCUT2D eigenvalue weighted by atomic mass is 32.2. The van der Waals surface area contributed by atoms with Crippen molar-refractivity contribution in [2.75, 3.05) is 14.2 Å². The van der Waals surface area contributed by atoms with E-state index in [-0.39, 0.29) is 59.7 Å². The maximum atomic E-state index is 12.0. The lowest BCUT2D eigenvalue weighted by atomic mass is 10.1. The molecule has 0 rings (SSSR count). The van der Waals surface area contributed by atoms with Crippen molar-refractivity contribution >= 4 is 57.5 Å². The molecular formula is C22H40N2O8S2. The molecule has 34 heavy (non-hydrogen) atoms. The van der Waals surface area contributed by atoms with Crippen molar-refractivity contribution in [3.05, 3.63) is 0 Å². The molecule has 4 N–H and O–H groups in total. The van der Waals surface area contributed by atoms with Crippen molar-refractivity contribution in [3.8, 4) is 0 Å². The monoisotopic (exact) mass is 524 g/mol. The SMILES string of the molecule is CCC(N)=O.CCC(N)=O.COC(=O)CC(C)(C)SC(=O)CCC(=O)SC(C)(C)CC(=O)OC. The smallest absolute Gasteiger partial charge is 0.306 e. The van der Waals surface area contributed by atoms with Crippen LogP contribution in [-0.2, 0) is 38.2 Å². The number of nitrogens with two attached hydrogens (primary N) is 2. The molecule has 0 aromatic carbocycles. The van der Waals surface area contributed by atoms with E-state index in [0.29, 0.717) is 12.8 Å². The fourth-order valence-electron chi connectivity index (χ4n) is 1.83. The summed E-state index contributed by atoms with van der Waals surface area (Å²) in [5.74, 6) is -1.25. The van der Waals surface area contributed by atoms with E-state index >= 15 is 0 Å². The number of thioether (sulfide) groups is 2. The van der Waals surface area contributed by atoms with E-state index in [0.717, 1.165) is 23.5 Å². The first kappa shape index (κ1) is 36.5. The second-order valence-corrected chi connectivity index (χ2v) is 11.6. The zero-order chi connectivity index (χ0) is 27.5. The van der Waals surface area contributed by atoms with E-state index in [2.05, 4.69) is 20.9 Å². The highest BCUT2D eigenvalue weighted by Gasteiger charge is 2.29. The molecule has 0 aliphatic heterocycles. The number of primary amides is 2. The molecular weight excluding hydrogens is 484 g/mol. The van der Waals surface area contributed by atoms with Crippen LogP contribution >= 0.6 is 23.5 Å². The van der Waals surface area contributed by atoms with Gasteiger partial charge in [-0.15, -0.1) is 0 Å². The predicted molar refractivity (Wildman–Crippen MR) is 135 cm³/mol. The van der Waals surface area contributed by atoms with E-state index in [1.165, 1.54) is 14.2 Å². The number of ether oxygens (including phenoxy) is 2. The third-order valence-electron chi connectivity index (χ3n) is 3.61. The number of carbonyl (C=O) groups excluding carboxylic acids is 6. The predicted octanol–water partition coefficient (Wildman–Crippen LogP) is 2.73. The number of carbonyl (C=O) groups is 6. The zero-order valence-electron chi connectivity index (χ0n) is 21.5. The van der Waals surface area contributed by atoms with Crippen LogP contribution in [0.1, 0.15) is 80.1 Å². The topological polar surface area (TPSA) is 173 Å². The lowest BCUT2D eigenvalue weighted by molar-refractivity contribution is -0.142. The molecule has 12 heteroatoms. The molecule has 0 radical (unpaired) electrons. The lowest BCUT2D eigenvalue weighted by Crippen LogP contribution is -2.24. The minimum atomic E-state index is -0.579. The third kappa shape index (κ3) is 26.2. The number of methoxy groups -OCH3 is 2. The van der Waals surface area contributed by atoms with Gasteiger partial charge in [-0.05, 0) is 27.7 Å². The molecule has 0 aromatic heterocycles. The van der Waals surface area contributed by atoms with Gasteiger partial charge in [0.2, 0.25) is 11.8 Å². The van der Waals surface area contributed by atoms with Crippen molar-refractivity contribution in [2.45, 2.75) is 89.6 Å².